The van der Waals surface area contributed by atoms with Crippen molar-refractivity contribution in [2.75, 3.05) is 0 Å². The van der Waals surface area contributed by atoms with Crippen molar-refractivity contribution in [3.8, 4) is 0 Å². The van der Waals surface area contributed by atoms with Crippen molar-refractivity contribution in [3.05, 3.63) is 36.2 Å². The highest BCUT2D eigenvalue weighted by Gasteiger charge is 2.13. The molecular weight excluding hydrogens is 228 g/mol. The highest BCUT2D eigenvalue weighted by molar-refractivity contribution is 5.14. The SMILES string of the molecule is CCn1ncnc1Cn1ccc(C(O)C(C)C)c1. The Morgan fingerprint density at radius 3 is 2.83 bits per heavy atom. The maximum Gasteiger partial charge on any atom is 0.146 e. The summed E-state index contributed by atoms with van der Waals surface area (Å²) in [6, 6.07) is 1.96. The Kier molecular flexibility index (Phi) is 3.81. The minimum absolute atomic E-state index is 0.222. The van der Waals surface area contributed by atoms with Crippen LogP contribution in [-0.2, 0) is 13.1 Å². The summed E-state index contributed by atoms with van der Waals surface area (Å²) in [6.45, 7) is 7.56. The topological polar surface area (TPSA) is 55.9 Å². The van der Waals surface area contributed by atoms with Crippen LogP contribution in [0, 0.1) is 5.92 Å². The van der Waals surface area contributed by atoms with E-state index in [0.717, 1.165) is 17.9 Å². The van der Waals surface area contributed by atoms with Crippen LogP contribution in [0.4, 0.5) is 0 Å². The predicted octanol–water partition coefficient (Wildman–Crippen LogP) is 1.84. The van der Waals surface area contributed by atoms with Gasteiger partial charge in [0.1, 0.15) is 12.2 Å². The molecule has 98 valence electrons. The van der Waals surface area contributed by atoms with E-state index in [4.69, 9.17) is 0 Å². The van der Waals surface area contributed by atoms with Gasteiger partial charge >= 0.3 is 0 Å². The molecule has 0 saturated heterocycles. The van der Waals surface area contributed by atoms with Gasteiger partial charge in [0.25, 0.3) is 0 Å². The zero-order valence-corrected chi connectivity index (χ0v) is 11.1. The first kappa shape index (κ1) is 12.8. The highest BCUT2D eigenvalue weighted by Crippen LogP contribution is 2.21. The fourth-order valence-electron chi connectivity index (χ4n) is 1.96. The van der Waals surface area contributed by atoms with Crippen LogP contribution in [0.5, 0.6) is 0 Å². The fourth-order valence-corrected chi connectivity index (χ4v) is 1.96. The van der Waals surface area contributed by atoms with Crippen molar-refractivity contribution in [1.29, 1.82) is 0 Å². The van der Waals surface area contributed by atoms with Gasteiger partial charge in [0.05, 0.1) is 12.6 Å². The second-order valence-corrected chi connectivity index (χ2v) is 4.80. The third-order valence-electron chi connectivity index (χ3n) is 3.07. The molecule has 0 aliphatic carbocycles. The van der Waals surface area contributed by atoms with Crippen molar-refractivity contribution in [2.45, 2.75) is 40.0 Å². The summed E-state index contributed by atoms with van der Waals surface area (Å²) in [4.78, 5) is 4.24. The molecular formula is C13H20N4O. The van der Waals surface area contributed by atoms with Crippen LogP contribution in [0.1, 0.15) is 38.3 Å². The zero-order chi connectivity index (χ0) is 13.1. The number of aliphatic hydroxyl groups is 1. The first-order valence-corrected chi connectivity index (χ1v) is 6.32. The molecule has 0 aliphatic heterocycles. The quantitative estimate of drug-likeness (QED) is 0.878. The van der Waals surface area contributed by atoms with Gasteiger partial charge in [0, 0.05) is 18.9 Å². The van der Waals surface area contributed by atoms with E-state index in [2.05, 4.69) is 10.1 Å². The van der Waals surface area contributed by atoms with E-state index in [9.17, 15) is 5.11 Å². The van der Waals surface area contributed by atoms with E-state index < -0.39 is 6.10 Å². The Hall–Kier alpha value is -1.62. The molecule has 2 rings (SSSR count). The number of aliphatic hydroxyl groups excluding tert-OH is 1. The number of rotatable bonds is 5. The molecule has 0 spiro atoms. The molecule has 5 nitrogen and oxygen atoms in total. The van der Waals surface area contributed by atoms with Gasteiger partial charge < -0.3 is 9.67 Å². The van der Waals surface area contributed by atoms with Crippen LogP contribution in [0.25, 0.3) is 0 Å². The van der Waals surface area contributed by atoms with Crippen molar-refractivity contribution in [2.24, 2.45) is 5.92 Å². The number of hydrogen-bond acceptors (Lipinski definition) is 3. The second-order valence-electron chi connectivity index (χ2n) is 4.80. The maximum absolute atomic E-state index is 9.99. The molecule has 0 aliphatic rings. The van der Waals surface area contributed by atoms with E-state index in [-0.39, 0.29) is 5.92 Å². The van der Waals surface area contributed by atoms with Crippen molar-refractivity contribution < 1.29 is 5.11 Å². The lowest BCUT2D eigenvalue weighted by Gasteiger charge is -2.12. The Balaban J connectivity index is 2.11. The van der Waals surface area contributed by atoms with Gasteiger partial charge in [-0.15, -0.1) is 0 Å². The van der Waals surface area contributed by atoms with Gasteiger partial charge in [-0.2, -0.15) is 5.10 Å². The lowest BCUT2D eigenvalue weighted by molar-refractivity contribution is 0.127. The minimum Gasteiger partial charge on any atom is -0.388 e. The number of aryl methyl sites for hydroxylation is 1. The monoisotopic (exact) mass is 248 g/mol. The average molecular weight is 248 g/mol. The van der Waals surface area contributed by atoms with Gasteiger partial charge in [-0.3, -0.25) is 0 Å². The van der Waals surface area contributed by atoms with Crippen LogP contribution >= 0.6 is 0 Å². The molecule has 0 saturated carbocycles. The van der Waals surface area contributed by atoms with Crippen molar-refractivity contribution >= 4 is 0 Å². The third kappa shape index (κ3) is 2.61. The average Bonchev–Trinajstić information content (AvgIpc) is 2.97. The molecule has 1 unspecified atom stereocenters. The number of aromatic nitrogens is 4. The Labute approximate surface area is 107 Å². The summed E-state index contributed by atoms with van der Waals surface area (Å²) in [7, 11) is 0. The molecule has 0 aromatic carbocycles. The van der Waals surface area contributed by atoms with Crippen LogP contribution in [-0.4, -0.2) is 24.4 Å². The molecule has 0 bridgehead atoms. The zero-order valence-electron chi connectivity index (χ0n) is 11.1. The van der Waals surface area contributed by atoms with Crippen LogP contribution in [0.2, 0.25) is 0 Å². The smallest absolute Gasteiger partial charge is 0.146 e. The van der Waals surface area contributed by atoms with Gasteiger partial charge in [-0.05, 0) is 24.5 Å². The molecule has 18 heavy (non-hydrogen) atoms. The summed E-state index contributed by atoms with van der Waals surface area (Å²) >= 11 is 0. The summed E-state index contributed by atoms with van der Waals surface area (Å²) in [6.07, 6.45) is 5.11. The molecule has 0 amide bonds. The first-order chi connectivity index (χ1) is 8.61. The Morgan fingerprint density at radius 2 is 2.17 bits per heavy atom. The molecule has 0 fully saturated rings. The van der Waals surface area contributed by atoms with E-state index in [0.29, 0.717) is 6.54 Å². The standard InChI is InChI=1S/C13H20N4O/c1-4-17-12(14-9-15-17)8-16-6-5-11(7-16)13(18)10(2)3/h5-7,9-10,13,18H,4,8H2,1-3H3. The second kappa shape index (κ2) is 5.35. The molecule has 2 aromatic rings. The molecule has 0 radical (unpaired) electrons. The van der Waals surface area contributed by atoms with E-state index in [1.165, 1.54) is 0 Å². The van der Waals surface area contributed by atoms with Gasteiger partial charge in [-0.25, -0.2) is 9.67 Å². The van der Waals surface area contributed by atoms with Gasteiger partial charge in [0.15, 0.2) is 0 Å². The summed E-state index contributed by atoms with van der Waals surface area (Å²) in [5.41, 5.74) is 0.951. The van der Waals surface area contributed by atoms with Crippen LogP contribution < -0.4 is 0 Å². The van der Waals surface area contributed by atoms with Crippen LogP contribution in [0.3, 0.4) is 0 Å². The molecule has 5 heteroatoms. The molecule has 2 heterocycles. The highest BCUT2D eigenvalue weighted by atomic mass is 16.3. The van der Waals surface area contributed by atoms with Gasteiger partial charge in [0.2, 0.25) is 0 Å². The maximum atomic E-state index is 9.99. The summed E-state index contributed by atoms with van der Waals surface area (Å²) < 4.78 is 3.90. The lowest BCUT2D eigenvalue weighted by atomic mass is 10.0. The van der Waals surface area contributed by atoms with E-state index in [1.54, 1.807) is 6.33 Å². The normalized spacial score (nSPS) is 13.2. The molecule has 1 N–H and O–H groups in total. The lowest BCUT2D eigenvalue weighted by Crippen LogP contribution is -2.08. The Bertz CT molecular complexity index is 501. The largest absolute Gasteiger partial charge is 0.388 e. The van der Waals surface area contributed by atoms with Crippen molar-refractivity contribution in [1.82, 2.24) is 19.3 Å². The van der Waals surface area contributed by atoms with Crippen LogP contribution in [0.15, 0.2) is 24.8 Å². The number of hydrogen-bond donors (Lipinski definition) is 1. The predicted molar refractivity (Wildman–Crippen MR) is 69.0 cm³/mol. The first-order valence-electron chi connectivity index (χ1n) is 6.32. The summed E-state index contributed by atoms with van der Waals surface area (Å²) in [5, 5.41) is 14.1. The third-order valence-corrected chi connectivity index (χ3v) is 3.07. The molecule has 1 atom stereocenters. The van der Waals surface area contributed by atoms with E-state index in [1.807, 2.05) is 48.5 Å². The minimum atomic E-state index is -0.407. The molecule has 2 aromatic heterocycles. The summed E-state index contributed by atoms with van der Waals surface area (Å²) in [5.74, 6) is 1.15. The van der Waals surface area contributed by atoms with E-state index >= 15 is 0 Å². The Morgan fingerprint density at radius 1 is 1.39 bits per heavy atom. The fraction of sp³-hybridized carbons (Fsp3) is 0.538. The van der Waals surface area contributed by atoms with Gasteiger partial charge in [-0.1, -0.05) is 13.8 Å². The van der Waals surface area contributed by atoms with Crippen molar-refractivity contribution in [3.63, 3.8) is 0 Å². The number of nitrogens with zero attached hydrogens (tertiary/aromatic N) is 4.